The minimum Gasteiger partial charge on any atom is -0.457 e. The third-order valence-electron chi connectivity index (χ3n) is 12.9. The number of ether oxygens (including phenoxy) is 5. The van der Waals surface area contributed by atoms with Crippen molar-refractivity contribution in [2.75, 3.05) is 34.4 Å². The summed E-state index contributed by atoms with van der Waals surface area (Å²) in [5.41, 5.74) is 1.66. The highest BCUT2D eigenvalue weighted by molar-refractivity contribution is 6.38. The second-order valence-electron chi connectivity index (χ2n) is 17.4. The number of hydrogen-bond donors (Lipinski definition) is 3. The molecule has 0 aromatic rings. The molecule has 3 fully saturated rings. The van der Waals surface area contributed by atoms with Crippen LogP contribution in [0.5, 0.6) is 0 Å². The van der Waals surface area contributed by atoms with E-state index in [9.17, 15) is 34.5 Å². The first-order chi connectivity index (χ1) is 27.0. The van der Waals surface area contributed by atoms with Gasteiger partial charge in [-0.1, -0.05) is 44.6 Å². The van der Waals surface area contributed by atoms with Crippen LogP contribution in [0, 0.1) is 35.5 Å². The van der Waals surface area contributed by atoms with Crippen molar-refractivity contribution in [1.29, 1.82) is 0 Å². The second kappa shape index (κ2) is 21.0. The number of hydrogen-bond acceptors (Lipinski definition) is 12. The lowest BCUT2D eigenvalue weighted by molar-refractivity contribution is -0.302. The van der Waals surface area contributed by atoms with Gasteiger partial charge in [0.05, 0.1) is 36.4 Å². The Morgan fingerprint density at radius 3 is 2.26 bits per heavy atom. The highest BCUT2D eigenvalue weighted by atomic mass is 16.7. The van der Waals surface area contributed by atoms with Crippen LogP contribution >= 0.6 is 0 Å². The summed E-state index contributed by atoms with van der Waals surface area (Å²) < 4.78 is 29.7. The Kier molecular flexibility index (Phi) is 17.2. The van der Waals surface area contributed by atoms with Gasteiger partial charge in [0.2, 0.25) is 5.79 Å². The van der Waals surface area contributed by atoms with Crippen molar-refractivity contribution in [3.63, 3.8) is 0 Å². The molecule has 1 saturated carbocycles. The predicted octanol–water partition coefficient (Wildman–Crippen LogP) is 4.50. The molecule has 1 aliphatic carbocycles. The lowest BCUT2D eigenvalue weighted by Crippen LogP contribution is -2.63. The van der Waals surface area contributed by atoms with Crippen molar-refractivity contribution < 1.29 is 58.2 Å². The van der Waals surface area contributed by atoms with E-state index >= 15 is 0 Å². The average Bonchev–Trinajstić information content (AvgIpc) is 3.18. The maximum Gasteiger partial charge on any atom is 0.311 e. The molecule has 322 valence electrons. The fourth-order valence-electron chi connectivity index (χ4n) is 9.39. The summed E-state index contributed by atoms with van der Waals surface area (Å²) in [5, 5.41) is 34.0. The molecule has 13 heteroatoms. The summed E-state index contributed by atoms with van der Waals surface area (Å²) in [5.74, 6) is -8.02. The molecule has 2 saturated heterocycles. The SMILES string of the molecule is C=CCC1/C=C(\C)CC(C)CC(OC)C2OC(O)(C(=O)C(=O)N3CCCC(C3)C(=O)OC(/C(C)=C/C3CCC(O)C(OC)C3)C(C)C(O)CC1=O)C(C)CC2OC. The number of nitrogens with zero attached hydrogens (tertiary/aromatic N) is 1. The molecule has 3 heterocycles. The molecular formula is C44H69NO12. The number of allylic oxidation sites excluding steroid dienone is 4. The lowest BCUT2D eigenvalue weighted by atomic mass is 9.81. The number of aliphatic hydroxyl groups is 3. The number of carbonyl (C=O) groups is 4. The summed E-state index contributed by atoms with van der Waals surface area (Å²) in [6, 6.07) is 0. The molecule has 0 radical (unpaired) electrons. The van der Waals surface area contributed by atoms with Gasteiger partial charge in [0, 0.05) is 58.6 Å². The molecule has 0 aromatic heterocycles. The smallest absolute Gasteiger partial charge is 0.311 e. The van der Waals surface area contributed by atoms with E-state index in [2.05, 4.69) is 6.58 Å². The van der Waals surface area contributed by atoms with E-state index in [4.69, 9.17) is 23.7 Å². The van der Waals surface area contributed by atoms with Crippen molar-refractivity contribution in [3.05, 3.63) is 36.0 Å². The molecule has 4 rings (SSSR count). The monoisotopic (exact) mass is 803 g/mol. The van der Waals surface area contributed by atoms with Gasteiger partial charge in [-0.05, 0) is 89.0 Å². The molecule has 0 aromatic carbocycles. The standard InChI is InChI=1S/C44H69NO12/c1-10-12-31-18-25(2)17-26(3)19-37(54-8)40-38(55-9)21-28(5)44(52,57-40)41(49)42(50)45-16-11-13-32(24-45)43(51)56-39(29(6)34(47)23-35(31)48)27(4)20-30-14-15-33(46)36(22-30)53-7/h10,18,20,26,28-34,36-40,46-47,52H,1,11-17,19,21-24H2,2-9H3/b25-18+,27-20+. The first-order valence-corrected chi connectivity index (χ1v) is 20.9. The molecule has 14 atom stereocenters. The molecule has 4 bridgehead atoms. The number of rotatable bonds is 7. The number of cyclic esters (lactones) is 1. The van der Waals surface area contributed by atoms with E-state index < -0.39 is 83.7 Å². The number of Topliss-reactive ketones (excluding diaryl/α,β-unsaturated/α-hetero) is 2. The maximum absolute atomic E-state index is 14.1. The van der Waals surface area contributed by atoms with Gasteiger partial charge in [-0.2, -0.15) is 0 Å². The minimum absolute atomic E-state index is 0.0159. The van der Waals surface area contributed by atoms with Gasteiger partial charge in [-0.3, -0.25) is 19.2 Å². The van der Waals surface area contributed by atoms with Crippen molar-refractivity contribution >= 4 is 23.4 Å². The zero-order valence-corrected chi connectivity index (χ0v) is 35.4. The minimum atomic E-state index is -2.45. The molecule has 14 unspecified atom stereocenters. The fraction of sp³-hybridized carbons (Fsp3) is 0.773. The first-order valence-electron chi connectivity index (χ1n) is 20.9. The largest absolute Gasteiger partial charge is 0.457 e. The Morgan fingerprint density at radius 1 is 0.947 bits per heavy atom. The zero-order chi connectivity index (χ0) is 42.2. The predicted molar refractivity (Wildman–Crippen MR) is 213 cm³/mol. The molecule has 3 aliphatic heterocycles. The van der Waals surface area contributed by atoms with E-state index in [0.717, 1.165) is 5.57 Å². The van der Waals surface area contributed by atoms with E-state index in [0.29, 0.717) is 56.9 Å². The third-order valence-corrected chi connectivity index (χ3v) is 12.9. The van der Waals surface area contributed by atoms with E-state index in [-0.39, 0.29) is 49.7 Å². The lowest BCUT2D eigenvalue weighted by Gasteiger charge is -2.46. The van der Waals surface area contributed by atoms with Crippen molar-refractivity contribution in [2.24, 2.45) is 35.5 Å². The summed E-state index contributed by atoms with van der Waals surface area (Å²) in [4.78, 5) is 57.2. The molecule has 1 amide bonds. The summed E-state index contributed by atoms with van der Waals surface area (Å²) in [6.07, 6.45) is 4.76. The highest BCUT2D eigenvalue weighted by Crippen LogP contribution is 2.39. The van der Waals surface area contributed by atoms with Crippen LogP contribution in [-0.2, 0) is 42.9 Å². The van der Waals surface area contributed by atoms with E-state index in [1.165, 1.54) is 19.1 Å². The van der Waals surface area contributed by atoms with Gasteiger partial charge in [-0.15, -0.1) is 6.58 Å². The Hall–Kier alpha value is -2.78. The van der Waals surface area contributed by atoms with Gasteiger partial charge in [-0.25, -0.2) is 0 Å². The first kappa shape index (κ1) is 46.9. The van der Waals surface area contributed by atoms with Crippen LogP contribution in [0.4, 0.5) is 0 Å². The van der Waals surface area contributed by atoms with Gasteiger partial charge in [0.25, 0.3) is 11.7 Å². The summed E-state index contributed by atoms with van der Waals surface area (Å²) >= 11 is 0. The Labute approximate surface area is 339 Å². The van der Waals surface area contributed by atoms with Gasteiger partial charge in [0.1, 0.15) is 18.0 Å². The van der Waals surface area contributed by atoms with E-state index in [1.54, 1.807) is 27.0 Å². The van der Waals surface area contributed by atoms with Gasteiger partial charge < -0.3 is 43.9 Å². The number of methoxy groups -OCH3 is 3. The number of aliphatic hydroxyl groups excluding tert-OH is 2. The summed E-state index contributed by atoms with van der Waals surface area (Å²) in [6.45, 7) is 13.2. The van der Waals surface area contributed by atoms with Crippen LogP contribution in [0.1, 0.15) is 98.8 Å². The van der Waals surface area contributed by atoms with Crippen LogP contribution in [-0.4, -0.2) is 127 Å². The van der Waals surface area contributed by atoms with Crippen molar-refractivity contribution in [3.8, 4) is 0 Å². The van der Waals surface area contributed by atoms with Gasteiger partial charge in [0.15, 0.2) is 0 Å². The fourth-order valence-corrected chi connectivity index (χ4v) is 9.39. The van der Waals surface area contributed by atoms with Crippen LogP contribution in [0.15, 0.2) is 36.0 Å². The topological polar surface area (TPSA) is 178 Å². The molecule has 0 spiro atoms. The number of piperidine rings is 1. The number of fused-ring (bicyclic) bond motifs is 4. The molecular weight excluding hydrogens is 734 g/mol. The normalized spacial score (nSPS) is 41.0. The number of amides is 1. The summed E-state index contributed by atoms with van der Waals surface area (Å²) in [7, 11) is 4.63. The quantitative estimate of drug-likeness (QED) is 0.187. The Bertz CT molecular complexity index is 1480. The zero-order valence-electron chi connectivity index (χ0n) is 35.4. The highest BCUT2D eigenvalue weighted by Gasteiger charge is 2.56. The van der Waals surface area contributed by atoms with Crippen LogP contribution in [0.2, 0.25) is 0 Å². The van der Waals surface area contributed by atoms with Crippen LogP contribution < -0.4 is 0 Å². The molecule has 57 heavy (non-hydrogen) atoms. The van der Waals surface area contributed by atoms with Crippen molar-refractivity contribution in [1.82, 2.24) is 4.90 Å². The third kappa shape index (κ3) is 11.5. The number of ketones is 2. The average molecular weight is 804 g/mol. The maximum atomic E-state index is 14.1. The Morgan fingerprint density at radius 2 is 1.61 bits per heavy atom. The van der Waals surface area contributed by atoms with E-state index in [1.807, 2.05) is 32.9 Å². The van der Waals surface area contributed by atoms with Crippen LogP contribution in [0.3, 0.4) is 0 Å². The second-order valence-corrected chi connectivity index (χ2v) is 17.4. The Balaban J connectivity index is 1.73. The molecule has 4 aliphatic rings. The van der Waals surface area contributed by atoms with Gasteiger partial charge >= 0.3 is 5.97 Å². The number of carbonyl (C=O) groups excluding carboxylic acids is 4. The van der Waals surface area contributed by atoms with Crippen molar-refractivity contribution in [2.45, 2.75) is 147 Å². The molecule has 13 nitrogen and oxygen atoms in total. The molecule has 3 N–H and O–H groups in total. The van der Waals surface area contributed by atoms with Crippen LogP contribution in [0.25, 0.3) is 0 Å². The number of esters is 1.